The summed E-state index contributed by atoms with van der Waals surface area (Å²) in [5.41, 5.74) is 2.35. The van der Waals surface area contributed by atoms with E-state index in [0.717, 1.165) is 11.1 Å². The number of amides is 1. The molecule has 2 N–H and O–H groups in total. The molecule has 0 aliphatic carbocycles. The van der Waals surface area contributed by atoms with Crippen LogP contribution in [0.4, 0.5) is 0 Å². The van der Waals surface area contributed by atoms with Gasteiger partial charge in [0.1, 0.15) is 11.8 Å². The van der Waals surface area contributed by atoms with Gasteiger partial charge >= 0.3 is 5.97 Å². The van der Waals surface area contributed by atoms with Crippen LogP contribution in [0.15, 0.2) is 48.5 Å². The van der Waals surface area contributed by atoms with Gasteiger partial charge in [-0.2, -0.15) is 0 Å². The molecule has 25 heavy (non-hydrogen) atoms. The number of esters is 1. The van der Waals surface area contributed by atoms with Crippen molar-refractivity contribution in [2.45, 2.75) is 26.3 Å². The van der Waals surface area contributed by atoms with Crippen molar-refractivity contribution < 1.29 is 19.4 Å². The van der Waals surface area contributed by atoms with Gasteiger partial charge in [0.25, 0.3) is 5.91 Å². The molecule has 5 heteroatoms. The third kappa shape index (κ3) is 5.08. The third-order valence-electron chi connectivity index (χ3n) is 3.85. The first-order valence-electron chi connectivity index (χ1n) is 8.19. The second-order valence-electron chi connectivity index (χ2n) is 6.30. The maximum atomic E-state index is 12.4. The molecule has 0 bridgehead atoms. The van der Waals surface area contributed by atoms with E-state index in [4.69, 9.17) is 4.74 Å². The van der Waals surface area contributed by atoms with Crippen LogP contribution in [0, 0.1) is 5.92 Å². The van der Waals surface area contributed by atoms with Crippen LogP contribution in [-0.2, 0) is 9.53 Å². The Morgan fingerprint density at radius 3 is 2.00 bits per heavy atom. The van der Waals surface area contributed by atoms with Crippen LogP contribution in [0.2, 0.25) is 0 Å². The summed E-state index contributed by atoms with van der Waals surface area (Å²) in [7, 11) is 1.31. The highest BCUT2D eigenvalue weighted by Crippen LogP contribution is 2.22. The topological polar surface area (TPSA) is 75.6 Å². The number of ether oxygens (including phenoxy) is 1. The number of rotatable bonds is 6. The van der Waals surface area contributed by atoms with Gasteiger partial charge in [-0.1, -0.05) is 38.1 Å². The molecule has 2 aromatic carbocycles. The number of nitrogens with one attached hydrogen (secondary N) is 1. The molecule has 5 nitrogen and oxygen atoms in total. The predicted octanol–water partition coefficient (Wildman–Crippen LogP) is 3.38. The summed E-state index contributed by atoms with van der Waals surface area (Å²) < 4.78 is 4.76. The Morgan fingerprint density at radius 1 is 1.00 bits per heavy atom. The van der Waals surface area contributed by atoms with Gasteiger partial charge in [-0.15, -0.1) is 0 Å². The maximum absolute atomic E-state index is 12.4. The van der Waals surface area contributed by atoms with E-state index in [1.54, 1.807) is 36.4 Å². The van der Waals surface area contributed by atoms with Crippen LogP contribution in [0.5, 0.6) is 5.75 Å². The Bertz CT molecular complexity index is 720. The van der Waals surface area contributed by atoms with E-state index in [1.165, 1.54) is 7.11 Å². The predicted molar refractivity (Wildman–Crippen MR) is 96.3 cm³/mol. The molecule has 132 valence electrons. The number of carbonyl (C=O) groups excluding carboxylic acids is 2. The lowest BCUT2D eigenvalue weighted by Crippen LogP contribution is -2.42. The first-order valence-corrected chi connectivity index (χ1v) is 8.19. The number of phenolic OH excluding ortho intramolecular Hbond substituents is 1. The lowest BCUT2D eigenvalue weighted by molar-refractivity contribution is -0.143. The molecule has 0 aromatic heterocycles. The van der Waals surface area contributed by atoms with Crippen LogP contribution in [0.25, 0.3) is 11.1 Å². The van der Waals surface area contributed by atoms with Crippen molar-refractivity contribution in [2.24, 2.45) is 5.92 Å². The first kappa shape index (κ1) is 18.5. The van der Waals surface area contributed by atoms with Crippen molar-refractivity contribution in [2.75, 3.05) is 7.11 Å². The fourth-order valence-electron chi connectivity index (χ4n) is 2.54. The van der Waals surface area contributed by atoms with Crippen LogP contribution >= 0.6 is 0 Å². The third-order valence-corrected chi connectivity index (χ3v) is 3.85. The monoisotopic (exact) mass is 341 g/mol. The smallest absolute Gasteiger partial charge is 0.328 e. The van der Waals surface area contributed by atoms with Crippen molar-refractivity contribution in [1.82, 2.24) is 5.32 Å². The highest BCUT2D eigenvalue weighted by atomic mass is 16.5. The fourth-order valence-corrected chi connectivity index (χ4v) is 2.54. The molecule has 0 saturated heterocycles. The Morgan fingerprint density at radius 2 is 1.52 bits per heavy atom. The molecule has 1 amide bonds. The second kappa shape index (κ2) is 8.33. The average Bonchev–Trinajstić information content (AvgIpc) is 2.61. The molecular weight excluding hydrogens is 318 g/mol. The molecule has 1 unspecified atom stereocenters. The van der Waals surface area contributed by atoms with Gasteiger partial charge in [0, 0.05) is 5.56 Å². The Labute approximate surface area is 147 Å². The molecule has 2 rings (SSSR count). The van der Waals surface area contributed by atoms with Gasteiger partial charge < -0.3 is 15.2 Å². The minimum atomic E-state index is -0.658. The summed E-state index contributed by atoms with van der Waals surface area (Å²) >= 11 is 0. The Balaban J connectivity index is 2.11. The van der Waals surface area contributed by atoms with E-state index < -0.39 is 12.0 Å². The van der Waals surface area contributed by atoms with Crippen LogP contribution < -0.4 is 5.32 Å². The zero-order valence-electron chi connectivity index (χ0n) is 14.7. The van der Waals surface area contributed by atoms with Crippen LogP contribution in [0.3, 0.4) is 0 Å². The van der Waals surface area contributed by atoms with Gasteiger partial charge in [0.05, 0.1) is 7.11 Å². The number of hydrogen-bond acceptors (Lipinski definition) is 4. The van der Waals surface area contributed by atoms with Crippen molar-refractivity contribution in [3.63, 3.8) is 0 Å². The summed E-state index contributed by atoms with van der Waals surface area (Å²) in [4.78, 5) is 24.2. The summed E-state index contributed by atoms with van der Waals surface area (Å²) in [6, 6.07) is 13.3. The molecule has 0 saturated carbocycles. The number of phenols is 1. The molecular formula is C20H23NO4. The van der Waals surface area contributed by atoms with Gasteiger partial charge in [-0.25, -0.2) is 4.79 Å². The van der Waals surface area contributed by atoms with E-state index in [1.807, 2.05) is 26.0 Å². The molecule has 0 aliphatic heterocycles. The van der Waals surface area contributed by atoms with Crippen molar-refractivity contribution in [1.29, 1.82) is 0 Å². The normalized spacial score (nSPS) is 11.8. The number of benzene rings is 2. The minimum absolute atomic E-state index is 0.207. The Hall–Kier alpha value is -2.82. The van der Waals surface area contributed by atoms with Gasteiger partial charge in [-0.05, 0) is 47.7 Å². The van der Waals surface area contributed by atoms with E-state index in [9.17, 15) is 14.7 Å². The number of hydrogen-bond donors (Lipinski definition) is 2. The zero-order valence-corrected chi connectivity index (χ0v) is 14.7. The highest BCUT2D eigenvalue weighted by molar-refractivity contribution is 5.97. The second-order valence-corrected chi connectivity index (χ2v) is 6.30. The summed E-state index contributed by atoms with van der Waals surface area (Å²) in [6.07, 6.45) is 0.518. The van der Waals surface area contributed by atoms with E-state index >= 15 is 0 Å². The molecule has 0 spiro atoms. The van der Waals surface area contributed by atoms with Gasteiger partial charge in [0.2, 0.25) is 0 Å². The summed E-state index contributed by atoms with van der Waals surface area (Å²) in [5, 5.41) is 12.1. The molecule has 0 heterocycles. The SMILES string of the molecule is COC(=O)C(CC(C)C)NC(=O)c1ccc(-c2ccc(O)cc2)cc1. The van der Waals surface area contributed by atoms with Crippen molar-refractivity contribution in [3.8, 4) is 16.9 Å². The highest BCUT2D eigenvalue weighted by Gasteiger charge is 2.23. The first-order chi connectivity index (χ1) is 11.9. The van der Waals surface area contributed by atoms with E-state index in [2.05, 4.69) is 5.32 Å². The van der Waals surface area contributed by atoms with E-state index in [-0.39, 0.29) is 17.6 Å². The lowest BCUT2D eigenvalue weighted by Gasteiger charge is -2.18. The fraction of sp³-hybridized carbons (Fsp3) is 0.300. The number of methoxy groups -OCH3 is 1. The summed E-state index contributed by atoms with van der Waals surface area (Å²) in [6.45, 7) is 3.96. The average molecular weight is 341 g/mol. The van der Waals surface area contributed by atoms with Crippen LogP contribution in [-0.4, -0.2) is 30.1 Å². The largest absolute Gasteiger partial charge is 0.508 e. The minimum Gasteiger partial charge on any atom is -0.508 e. The standard InChI is InChI=1S/C20H23NO4/c1-13(2)12-18(20(24)25-3)21-19(23)16-6-4-14(5-7-16)15-8-10-17(22)11-9-15/h4-11,13,18,22H,12H2,1-3H3,(H,21,23). The zero-order chi connectivity index (χ0) is 18.4. The van der Waals surface area contributed by atoms with Gasteiger partial charge in [-0.3, -0.25) is 4.79 Å². The molecule has 1 atom stereocenters. The lowest BCUT2D eigenvalue weighted by atomic mass is 10.0. The van der Waals surface area contributed by atoms with Crippen molar-refractivity contribution in [3.05, 3.63) is 54.1 Å². The van der Waals surface area contributed by atoms with Gasteiger partial charge in [0.15, 0.2) is 0 Å². The molecule has 2 aromatic rings. The van der Waals surface area contributed by atoms with Crippen molar-refractivity contribution >= 4 is 11.9 Å². The molecule has 0 aliphatic rings. The molecule has 0 fully saturated rings. The quantitative estimate of drug-likeness (QED) is 0.790. The van der Waals surface area contributed by atoms with Crippen LogP contribution in [0.1, 0.15) is 30.6 Å². The van der Waals surface area contributed by atoms with E-state index in [0.29, 0.717) is 12.0 Å². The maximum Gasteiger partial charge on any atom is 0.328 e. The Kier molecular flexibility index (Phi) is 6.17. The summed E-state index contributed by atoms with van der Waals surface area (Å²) in [5.74, 6) is -0.295. The number of carbonyl (C=O) groups is 2. The number of aromatic hydroxyl groups is 1. The molecule has 0 radical (unpaired) electrons.